The first-order valence-corrected chi connectivity index (χ1v) is 10.4. The maximum absolute atomic E-state index is 12.7. The summed E-state index contributed by atoms with van der Waals surface area (Å²) < 4.78 is 1.84. The van der Waals surface area contributed by atoms with Crippen LogP contribution >= 0.6 is 0 Å². The highest BCUT2D eigenvalue weighted by Crippen LogP contribution is 2.22. The number of aromatic nitrogens is 2. The monoisotopic (exact) mass is 424 g/mol. The van der Waals surface area contributed by atoms with Crippen LogP contribution in [0.1, 0.15) is 22.8 Å². The standard InChI is InChI=1S/C26H24N4O2/c1-19(31)29-23-12-10-20(11-13-23)14-16-27-26(32)22-8-5-9-24(18-22)30-25(15-17-28-30)21-6-3-2-4-7-21/h2-13,15,17-18H,14,16H2,1H3,(H,27,32)(H,29,31). The van der Waals surface area contributed by atoms with Gasteiger partial charge in [0.1, 0.15) is 0 Å². The molecule has 0 atom stereocenters. The number of nitrogens with zero attached hydrogens (tertiary/aromatic N) is 2. The van der Waals surface area contributed by atoms with E-state index in [1.165, 1.54) is 6.92 Å². The summed E-state index contributed by atoms with van der Waals surface area (Å²) >= 11 is 0. The van der Waals surface area contributed by atoms with Gasteiger partial charge in [0.05, 0.1) is 17.6 Å². The third-order valence-electron chi connectivity index (χ3n) is 5.04. The van der Waals surface area contributed by atoms with Crippen LogP contribution in [0, 0.1) is 0 Å². The Morgan fingerprint density at radius 2 is 1.69 bits per heavy atom. The van der Waals surface area contributed by atoms with Crippen LogP contribution in [-0.4, -0.2) is 28.1 Å². The fourth-order valence-corrected chi connectivity index (χ4v) is 3.50. The van der Waals surface area contributed by atoms with Gasteiger partial charge in [0.15, 0.2) is 0 Å². The normalized spacial score (nSPS) is 10.5. The number of hydrogen-bond acceptors (Lipinski definition) is 3. The molecule has 2 amide bonds. The summed E-state index contributed by atoms with van der Waals surface area (Å²) in [4.78, 5) is 23.8. The van der Waals surface area contributed by atoms with Gasteiger partial charge < -0.3 is 10.6 Å². The van der Waals surface area contributed by atoms with Gasteiger partial charge >= 0.3 is 0 Å². The maximum atomic E-state index is 12.7. The molecule has 0 aliphatic heterocycles. The van der Waals surface area contributed by atoms with Gasteiger partial charge in [-0.2, -0.15) is 5.10 Å². The van der Waals surface area contributed by atoms with E-state index in [9.17, 15) is 9.59 Å². The van der Waals surface area contributed by atoms with E-state index in [-0.39, 0.29) is 11.8 Å². The number of amides is 2. The molecular formula is C26H24N4O2. The third-order valence-corrected chi connectivity index (χ3v) is 5.04. The molecule has 6 nitrogen and oxygen atoms in total. The summed E-state index contributed by atoms with van der Waals surface area (Å²) in [6.07, 6.45) is 2.45. The van der Waals surface area contributed by atoms with Crippen LogP contribution in [-0.2, 0) is 11.2 Å². The molecule has 32 heavy (non-hydrogen) atoms. The molecule has 160 valence electrons. The third kappa shape index (κ3) is 5.10. The predicted molar refractivity (Wildman–Crippen MR) is 126 cm³/mol. The second-order valence-electron chi connectivity index (χ2n) is 7.43. The Bertz CT molecular complexity index is 1210. The smallest absolute Gasteiger partial charge is 0.251 e. The van der Waals surface area contributed by atoms with Crippen LogP contribution in [0.2, 0.25) is 0 Å². The molecular weight excluding hydrogens is 400 g/mol. The Kier molecular flexibility index (Phi) is 6.41. The highest BCUT2D eigenvalue weighted by atomic mass is 16.2. The molecule has 0 saturated heterocycles. The van der Waals surface area contributed by atoms with Crippen molar-refractivity contribution in [2.75, 3.05) is 11.9 Å². The van der Waals surface area contributed by atoms with Gasteiger partial charge in [-0.3, -0.25) is 9.59 Å². The number of nitrogens with one attached hydrogen (secondary N) is 2. The van der Waals surface area contributed by atoms with E-state index < -0.39 is 0 Å². The lowest BCUT2D eigenvalue weighted by molar-refractivity contribution is -0.114. The summed E-state index contributed by atoms with van der Waals surface area (Å²) in [6, 6.07) is 27.0. The number of anilines is 1. The lowest BCUT2D eigenvalue weighted by atomic mass is 10.1. The molecule has 0 aliphatic rings. The molecule has 0 bridgehead atoms. The molecule has 1 aromatic heterocycles. The Labute approximate surface area is 186 Å². The summed E-state index contributed by atoms with van der Waals surface area (Å²) in [6.45, 7) is 1.99. The zero-order valence-electron chi connectivity index (χ0n) is 17.8. The van der Waals surface area contributed by atoms with Crippen molar-refractivity contribution in [2.24, 2.45) is 0 Å². The first-order valence-electron chi connectivity index (χ1n) is 10.4. The summed E-state index contributed by atoms with van der Waals surface area (Å²) in [5.74, 6) is -0.228. The lowest BCUT2D eigenvalue weighted by Crippen LogP contribution is -2.25. The topological polar surface area (TPSA) is 76.0 Å². The average Bonchev–Trinajstić information content (AvgIpc) is 3.31. The first kappa shape index (κ1) is 21.1. The summed E-state index contributed by atoms with van der Waals surface area (Å²) in [5.41, 5.74) is 5.27. The van der Waals surface area contributed by atoms with Crippen LogP contribution in [0.4, 0.5) is 5.69 Å². The lowest BCUT2D eigenvalue weighted by Gasteiger charge is -2.10. The zero-order valence-corrected chi connectivity index (χ0v) is 17.8. The fraction of sp³-hybridized carbons (Fsp3) is 0.115. The van der Waals surface area contributed by atoms with Crippen molar-refractivity contribution in [2.45, 2.75) is 13.3 Å². The molecule has 0 fully saturated rings. The van der Waals surface area contributed by atoms with Crippen molar-refractivity contribution in [1.29, 1.82) is 0 Å². The molecule has 6 heteroatoms. The van der Waals surface area contributed by atoms with E-state index in [4.69, 9.17) is 0 Å². The van der Waals surface area contributed by atoms with Gasteiger partial charge in [0.2, 0.25) is 5.91 Å². The van der Waals surface area contributed by atoms with Crippen molar-refractivity contribution in [1.82, 2.24) is 15.1 Å². The number of benzene rings is 3. The summed E-state index contributed by atoms with van der Waals surface area (Å²) in [5, 5.41) is 10.2. The van der Waals surface area contributed by atoms with Crippen LogP contribution in [0.5, 0.6) is 0 Å². The SMILES string of the molecule is CC(=O)Nc1ccc(CCNC(=O)c2cccc(-n3nccc3-c3ccccc3)c2)cc1. The number of carbonyl (C=O) groups is 2. The summed E-state index contributed by atoms with van der Waals surface area (Å²) in [7, 11) is 0. The van der Waals surface area contributed by atoms with Crippen molar-refractivity contribution in [3.63, 3.8) is 0 Å². The highest BCUT2D eigenvalue weighted by molar-refractivity contribution is 5.94. The van der Waals surface area contributed by atoms with Crippen molar-refractivity contribution in [3.05, 3.63) is 102 Å². The Hall–Kier alpha value is -4.19. The van der Waals surface area contributed by atoms with E-state index in [2.05, 4.69) is 15.7 Å². The molecule has 4 rings (SSSR count). The van der Waals surface area contributed by atoms with Crippen molar-refractivity contribution >= 4 is 17.5 Å². The second kappa shape index (κ2) is 9.75. The number of carbonyl (C=O) groups excluding carboxylic acids is 2. The minimum Gasteiger partial charge on any atom is -0.352 e. The van der Waals surface area contributed by atoms with Gasteiger partial charge in [-0.1, -0.05) is 48.5 Å². The van der Waals surface area contributed by atoms with Crippen LogP contribution in [0.25, 0.3) is 16.9 Å². The largest absolute Gasteiger partial charge is 0.352 e. The highest BCUT2D eigenvalue weighted by Gasteiger charge is 2.10. The average molecular weight is 425 g/mol. The van der Waals surface area contributed by atoms with Crippen LogP contribution < -0.4 is 10.6 Å². The van der Waals surface area contributed by atoms with E-state index in [1.54, 1.807) is 12.3 Å². The van der Waals surface area contributed by atoms with Gasteiger partial charge in [0, 0.05) is 30.3 Å². The molecule has 0 aliphatic carbocycles. The molecule has 4 aromatic rings. The predicted octanol–water partition coefficient (Wildman–Crippen LogP) is 4.47. The molecule has 1 heterocycles. The molecule has 3 aromatic carbocycles. The minimum atomic E-state index is -0.130. The van der Waals surface area contributed by atoms with Gasteiger partial charge in [-0.15, -0.1) is 0 Å². The zero-order chi connectivity index (χ0) is 22.3. The second-order valence-corrected chi connectivity index (χ2v) is 7.43. The van der Waals surface area contributed by atoms with Crippen molar-refractivity contribution < 1.29 is 9.59 Å². The number of rotatable bonds is 7. The first-order chi connectivity index (χ1) is 15.6. The molecule has 0 spiro atoms. The Morgan fingerprint density at radius 3 is 2.44 bits per heavy atom. The Morgan fingerprint density at radius 1 is 0.906 bits per heavy atom. The van der Waals surface area contributed by atoms with Gasteiger partial charge in [-0.25, -0.2) is 4.68 Å². The molecule has 0 unspecified atom stereocenters. The molecule has 0 radical (unpaired) electrons. The molecule has 0 saturated carbocycles. The fourth-order valence-electron chi connectivity index (χ4n) is 3.50. The minimum absolute atomic E-state index is 0.0988. The Balaban J connectivity index is 1.40. The van der Waals surface area contributed by atoms with Crippen LogP contribution in [0.3, 0.4) is 0 Å². The van der Waals surface area contributed by atoms with E-state index in [1.807, 2.05) is 83.5 Å². The van der Waals surface area contributed by atoms with E-state index in [0.29, 0.717) is 18.5 Å². The van der Waals surface area contributed by atoms with Gasteiger partial charge in [0.25, 0.3) is 5.91 Å². The molecule has 2 N–H and O–H groups in total. The van der Waals surface area contributed by atoms with Gasteiger partial charge in [-0.05, 0) is 48.4 Å². The number of hydrogen-bond donors (Lipinski definition) is 2. The van der Waals surface area contributed by atoms with E-state index in [0.717, 1.165) is 28.2 Å². The van der Waals surface area contributed by atoms with Crippen LogP contribution in [0.15, 0.2) is 91.1 Å². The van der Waals surface area contributed by atoms with E-state index >= 15 is 0 Å². The maximum Gasteiger partial charge on any atom is 0.251 e. The van der Waals surface area contributed by atoms with Crippen molar-refractivity contribution in [3.8, 4) is 16.9 Å². The quantitative estimate of drug-likeness (QED) is 0.460.